The molecule has 0 bridgehead atoms. The average Bonchev–Trinajstić information content (AvgIpc) is 2.88. The largest absolute Gasteiger partial charge is 0.467 e. The number of hydrogen-bond donors (Lipinski definition) is 0. The van der Waals surface area contributed by atoms with Crippen LogP contribution in [0.1, 0.15) is 32.3 Å². The molecule has 21 heavy (non-hydrogen) atoms. The third-order valence-corrected chi connectivity index (χ3v) is 4.30. The van der Waals surface area contributed by atoms with Gasteiger partial charge < -0.3 is 14.2 Å². The Morgan fingerprint density at radius 2 is 1.95 bits per heavy atom. The fraction of sp³-hybridized carbons (Fsp3) is 0.562. The second-order valence-corrected chi connectivity index (χ2v) is 5.54. The number of esters is 1. The summed E-state index contributed by atoms with van der Waals surface area (Å²) < 4.78 is 16.8. The summed E-state index contributed by atoms with van der Waals surface area (Å²) in [7, 11) is 1.36. The maximum atomic E-state index is 12.0. The van der Waals surface area contributed by atoms with Crippen LogP contribution in [0.5, 0.6) is 0 Å². The van der Waals surface area contributed by atoms with E-state index in [2.05, 4.69) is 0 Å². The molecule has 5 heteroatoms. The van der Waals surface area contributed by atoms with Crippen molar-refractivity contribution in [2.24, 2.45) is 0 Å². The van der Waals surface area contributed by atoms with Crippen LogP contribution in [-0.2, 0) is 25.4 Å². The van der Waals surface area contributed by atoms with E-state index in [1.54, 1.807) is 0 Å². The monoisotopic (exact) mass is 312 g/mol. The first-order valence-electron chi connectivity index (χ1n) is 7.22. The SMILES string of the molecule is CCC1(CC)O[C@@H](Cc2ccccc2Cl)[C@H](C(=O)OC)O1. The first-order valence-corrected chi connectivity index (χ1v) is 7.60. The number of carbonyl (C=O) groups is 1. The Morgan fingerprint density at radius 3 is 2.52 bits per heavy atom. The molecule has 2 atom stereocenters. The van der Waals surface area contributed by atoms with Gasteiger partial charge in [-0.15, -0.1) is 0 Å². The van der Waals surface area contributed by atoms with Crippen molar-refractivity contribution >= 4 is 17.6 Å². The van der Waals surface area contributed by atoms with Crippen LogP contribution < -0.4 is 0 Å². The van der Waals surface area contributed by atoms with Gasteiger partial charge in [0.1, 0.15) is 6.10 Å². The van der Waals surface area contributed by atoms with Gasteiger partial charge in [-0.05, 0) is 24.5 Å². The Bertz CT molecular complexity index is 499. The molecule has 0 spiro atoms. The van der Waals surface area contributed by atoms with Crippen molar-refractivity contribution in [2.75, 3.05) is 7.11 Å². The first-order chi connectivity index (χ1) is 10.0. The Morgan fingerprint density at radius 1 is 1.29 bits per heavy atom. The first kappa shape index (κ1) is 16.3. The number of ether oxygens (including phenoxy) is 3. The highest BCUT2D eigenvalue weighted by Crippen LogP contribution is 2.36. The summed E-state index contributed by atoms with van der Waals surface area (Å²) in [4.78, 5) is 12.0. The molecule has 0 unspecified atom stereocenters. The zero-order chi connectivity index (χ0) is 15.5. The van der Waals surface area contributed by atoms with E-state index in [9.17, 15) is 4.79 Å². The van der Waals surface area contributed by atoms with Crippen molar-refractivity contribution in [2.45, 2.75) is 51.1 Å². The van der Waals surface area contributed by atoms with E-state index in [1.807, 2.05) is 38.1 Å². The summed E-state index contributed by atoms with van der Waals surface area (Å²) in [5.41, 5.74) is 0.935. The van der Waals surface area contributed by atoms with Gasteiger partial charge >= 0.3 is 5.97 Å². The minimum absolute atomic E-state index is 0.391. The van der Waals surface area contributed by atoms with E-state index in [4.69, 9.17) is 25.8 Å². The van der Waals surface area contributed by atoms with Gasteiger partial charge in [0.25, 0.3) is 0 Å². The van der Waals surface area contributed by atoms with Crippen LogP contribution in [0.15, 0.2) is 24.3 Å². The number of hydrogen-bond acceptors (Lipinski definition) is 4. The van der Waals surface area contributed by atoms with Gasteiger partial charge in [0.2, 0.25) is 0 Å². The molecule has 1 saturated heterocycles. The minimum Gasteiger partial charge on any atom is -0.467 e. The number of methoxy groups -OCH3 is 1. The molecular formula is C16H21ClO4. The molecule has 1 fully saturated rings. The molecule has 116 valence electrons. The Labute approximate surface area is 130 Å². The number of carbonyl (C=O) groups excluding carboxylic acids is 1. The highest BCUT2D eigenvalue weighted by Gasteiger charge is 2.49. The molecule has 2 rings (SSSR count). The van der Waals surface area contributed by atoms with E-state index >= 15 is 0 Å². The van der Waals surface area contributed by atoms with Crippen LogP contribution in [0.25, 0.3) is 0 Å². The van der Waals surface area contributed by atoms with Crippen LogP contribution in [0.4, 0.5) is 0 Å². The van der Waals surface area contributed by atoms with Gasteiger partial charge in [0, 0.05) is 11.4 Å². The van der Waals surface area contributed by atoms with E-state index in [1.165, 1.54) is 7.11 Å². The third kappa shape index (κ3) is 3.39. The lowest BCUT2D eigenvalue weighted by atomic mass is 10.0. The Balaban J connectivity index is 2.22. The predicted octanol–water partition coefficient (Wildman–Crippen LogP) is 3.36. The van der Waals surface area contributed by atoms with E-state index in [0.29, 0.717) is 24.3 Å². The summed E-state index contributed by atoms with van der Waals surface area (Å²) in [5.74, 6) is -1.12. The molecule has 1 aromatic carbocycles. The number of benzene rings is 1. The zero-order valence-corrected chi connectivity index (χ0v) is 13.4. The smallest absolute Gasteiger partial charge is 0.337 e. The fourth-order valence-corrected chi connectivity index (χ4v) is 2.81. The standard InChI is InChI=1S/C16H21ClO4/c1-4-16(5-2)20-13(14(21-16)15(18)19-3)10-11-8-6-7-9-12(11)17/h6-9,13-14H,4-5,10H2,1-3H3/t13-,14+/m0/s1. The van der Waals surface area contributed by atoms with Crippen LogP contribution in [-0.4, -0.2) is 31.1 Å². The van der Waals surface area contributed by atoms with Crippen molar-refractivity contribution < 1.29 is 19.0 Å². The maximum Gasteiger partial charge on any atom is 0.337 e. The van der Waals surface area contributed by atoms with Gasteiger partial charge in [-0.3, -0.25) is 0 Å². The second-order valence-electron chi connectivity index (χ2n) is 5.13. The highest BCUT2D eigenvalue weighted by atomic mass is 35.5. The molecule has 1 aliphatic rings. The van der Waals surface area contributed by atoms with Gasteiger partial charge in [-0.2, -0.15) is 0 Å². The van der Waals surface area contributed by atoms with Gasteiger partial charge in [-0.25, -0.2) is 4.79 Å². The average molecular weight is 313 g/mol. The minimum atomic E-state index is -0.717. The van der Waals surface area contributed by atoms with Gasteiger partial charge in [-0.1, -0.05) is 43.6 Å². The van der Waals surface area contributed by atoms with Crippen LogP contribution in [0.2, 0.25) is 5.02 Å². The van der Waals surface area contributed by atoms with Crippen LogP contribution >= 0.6 is 11.6 Å². The van der Waals surface area contributed by atoms with E-state index < -0.39 is 24.0 Å². The normalized spacial score (nSPS) is 24.0. The van der Waals surface area contributed by atoms with Crippen molar-refractivity contribution in [3.05, 3.63) is 34.9 Å². The van der Waals surface area contributed by atoms with Crippen molar-refractivity contribution in [1.82, 2.24) is 0 Å². The van der Waals surface area contributed by atoms with Crippen molar-refractivity contribution in [3.8, 4) is 0 Å². The number of halogens is 1. The van der Waals surface area contributed by atoms with Crippen molar-refractivity contribution in [1.29, 1.82) is 0 Å². The van der Waals surface area contributed by atoms with Gasteiger partial charge in [0.05, 0.1) is 7.11 Å². The molecule has 1 aliphatic heterocycles. The molecule has 0 N–H and O–H groups in total. The number of rotatable bonds is 5. The zero-order valence-electron chi connectivity index (χ0n) is 12.6. The van der Waals surface area contributed by atoms with Crippen molar-refractivity contribution in [3.63, 3.8) is 0 Å². The Kier molecular flexibility index (Phi) is 5.25. The lowest BCUT2D eigenvalue weighted by Gasteiger charge is -2.25. The summed E-state index contributed by atoms with van der Waals surface area (Å²) in [5, 5.41) is 0.662. The molecule has 1 aromatic rings. The van der Waals surface area contributed by atoms with E-state index in [0.717, 1.165) is 5.56 Å². The summed E-state index contributed by atoms with van der Waals surface area (Å²) in [6.07, 6.45) is 0.760. The third-order valence-electron chi connectivity index (χ3n) is 3.94. The molecule has 4 nitrogen and oxygen atoms in total. The predicted molar refractivity (Wildman–Crippen MR) is 80.2 cm³/mol. The lowest BCUT2D eigenvalue weighted by molar-refractivity contribution is -0.187. The summed E-state index contributed by atoms with van der Waals surface area (Å²) >= 11 is 6.19. The molecule has 0 radical (unpaired) electrons. The molecule has 0 saturated carbocycles. The van der Waals surface area contributed by atoms with Crippen LogP contribution in [0, 0.1) is 0 Å². The maximum absolute atomic E-state index is 12.0. The topological polar surface area (TPSA) is 44.8 Å². The van der Waals surface area contributed by atoms with E-state index in [-0.39, 0.29) is 0 Å². The van der Waals surface area contributed by atoms with Crippen LogP contribution in [0.3, 0.4) is 0 Å². The quantitative estimate of drug-likeness (QED) is 0.782. The molecule has 0 aliphatic carbocycles. The molecule has 0 aromatic heterocycles. The Hall–Kier alpha value is -1.10. The second kappa shape index (κ2) is 6.77. The molecular weight excluding hydrogens is 292 g/mol. The summed E-state index contributed by atoms with van der Waals surface area (Å²) in [6.45, 7) is 3.96. The molecule has 1 heterocycles. The summed E-state index contributed by atoms with van der Waals surface area (Å²) in [6, 6.07) is 7.54. The fourth-order valence-electron chi connectivity index (χ4n) is 2.60. The van der Waals surface area contributed by atoms with Gasteiger partial charge in [0.15, 0.2) is 11.9 Å². The lowest BCUT2D eigenvalue weighted by Crippen LogP contribution is -2.34. The highest BCUT2D eigenvalue weighted by molar-refractivity contribution is 6.31. The molecule has 0 amide bonds.